The SMILES string of the molecule is COc1ccc(CN2CCN(c3ncnc4sccc34)CC2)cc1.O=C(O)C(F)(F)F. The van der Waals surface area contributed by atoms with Crippen LogP contribution in [0.25, 0.3) is 10.2 Å². The van der Waals surface area contributed by atoms with Gasteiger partial charge in [0, 0.05) is 32.7 Å². The van der Waals surface area contributed by atoms with Crippen LogP contribution in [0.4, 0.5) is 19.0 Å². The Morgan fingerprint density at radius 2 is 1.77 bits per heavy atom. The number of alkyl halides is 3. The number of carbonyl (C=O) groups is 1. The third kappa shape index (κ3) is 6.05. The van der Waals surface area contributed by atoms with Gasteiger partial charge in [0.25, 0.3) is 0 Å². The number of piperazine rings is 1. The Labute approximate surface area is 180 Å². The average Bonchev–Trinajstić information content (AvgIpc) is 3.24. The molecule has 0 atom stereocenters. The summed E-state index contributed by atoms with van der Waals surface area (Å²) >= 11 is 1.67. The highest BCUT2D eigenvalue weighted by Gasteiger charge is 2.38. The molecule has 3 heterocycles. The van der Waals surface area contributed by atoms with Gasteiger partial charge in [0.1, 0.15) is 22.7 Å². The summed E-state index contributed by atoms with van der Waals surface area (Å²) in [6.07, 6.45) is -3.40. The van der Waals surface area contributed by atoms with E-state index in [2.05, 4.69) is 43.3 Å². The van der Waals surface area contributed by atoms with Crippen molar-refractivity contribution in [2.24, 2.45) is 0 Å². The molecule has 7 nitrogen and oxygen atoms in total. The number of carboxylic acid groups (broad SMARTS) is 1. The van der Waals surface area contributed by atoms with E-state index in [1.807, 2.05) is 12.1 Å². The fourth-order valence-corrected chi connectivity index (χ4v) is 3.86. The number of anilines is 1. The van der Waals surface area contributed by atoms with Crippen molar-refractivity contribution in [3.05, 3.63) is 47.6 Å². The lowest BCUT2D eigenvalue weighted by Crippen LogP contribution is -2.46. The highest BCUT2D eigenvalue weighted by molar-refractivity contribution is 7.16. The first-order valence-corrected chi connectivity index (χ1v) is 10.2. The van der Waals surface area contributed by atoms with E-state index in [4.69, 9.17) is 14.6 Å². The van der Waals surface area contributed by atoms with Gasteiger partial charge in [-0.3, -0.25) is 4.90 Å². The molecular formula is C20H21F3N4O3S. The summed E-state index contributed by atoms with van der Waals surface area (Å²) in [5.41, 5.74) is 1.33. The number of nitrogens with zero attached hydrogens (tertiary/aromatic N) is 4. The second-order valence-corrected chi connectivity index (χ2v) is 7.65. The molecule has 0 radical (unpaired) electrons. The summed E-state index contributed by atoms with van der Waals surface area (Å²) in [5.74, 6) is -0.773. The Morgan fingerprint density at radius 1 is 1.13 bits per heavy atom. The number of halogens is 3. The molecule has 166 valence electrons. The Hall–Kier alpha value is -2.92. The van der Waals surface area contributed by atoms with E-state index in [0.717, 1.165) is 49.1 Å². The number of thiophene rings is 1. The van der Waals surface area contributed by atoms with E-state index in [-0.39, 0.29) is 0 Å². The third-order valence-electron chi connectivity index (χ3n) is 4.72. The standard InChI is InChI=1S/C18H20N4OS.C2HF3O2/c1-23-15-4-2-14(3-5-15)12-21-7-9-22(10-8-21)17-16-6-11-24-18(16)20-13-19-17;3-2(4,5)1(6)7/h2-6,11,13H,7-10,12H2,1H3;(H,6,7). The van der Waals surface area contributed by atoms with E-state index in [0.29, 0.717) is 0 Å². The van der Waals surface area contributed by atoms with Crippen LogP contribution < -0.4 is 9.64 Å². The van der Waals surface area contributed by atoms with Crippen LogP contribution >= 0.6 is 11.3 Å². The number of carboxylic acids is 1. The maximum absolute atomic E-state index is 10.6. The number of aromatic nitrogens is 2. The van der Waals surface area contributed by atoms with Crippen LogP contribution in [0.5, 0.6) is 5.75 Å². The van der Waals surface area contributed by atoms with Gasteiger partial charge in [-0.1, -0.05) is 12.1 Å². The van der Waals surface area contributed by atoms with Gasteiger partial charge in [-0.15, -0.1) is 11.3 Å². The highest BCUT2D eigenvalue weighted by Crippen LogP contribution is 2.27. The summed E-state index contributed by atoms with van der Waals surface area (Å²) in [6, 6.07) is 10.5. The number of methoxy groups -OCH3 is 1. The third-order valence-corrected chi connectivity index (χ3v) is 5.54. The van der Waals surface area contributed by atoms with E-state index in [1.54, 1.807) is 24.8 Å². The molecule has 3 aromatic rings. The fourth-order valence-electron chi connectivity index (χ4n) is 3.14. The molecule has 0 bridgehead atoms. The molecule has 11 heteroatoms. The van der Waals surface area contributed by atoms with Crippen molar-refractivity contribution < 1.29 is 27.8 Å². The minimum Gasteiger partial charge on any atom is -0.497 e. The first-order valence-electron chi connectivity index (χ1n) is 9.36. The smallest absolute Gasteiger partial charge is 0.490 e. The van der Waals surface area contributed by atoms with Gasteiger partial charge in [-0.05, 0) is 29.1 Å². The second-order valence-electron chi connectivity index (χ2n) is 6.75. The molecule has 2 aromatic heterocycles. The minimum absolute atomic E-state index is 0.909. The number of fused-ring (bicyclic) bond motifs is 1. The van der Waals surface area contributed by atoms with Crippen molar-refractivity contribution in [2.45, 2.75) is 12.7 Å². The maximum Gasteiger partial charge on any atom is 0.490 e. The molecule has 4 rings (SSSR count). The summed E-state index contributed by atoms with van der Waals surface area (Å²) in [7, 11) is 1.70. The van der Waals surface area contributed by atoms with Crippen LogP contribution in [0.2, 0.25) is 0 Å². The van der Waals surface area contributed by atoms with Gasteiger partial charge in [0.05, 0.1) is 12.5 Å². The van der Waals surface area contributed by atoms with Crippen LogP contribution in [-0.2, 0) is 11.3 Å². The predicted molar refractivity (Wildman–Crippen MR) is 112 cm³/mol. The lowest BCUT2D eigenvalue weighted by Gasteiger charge is -2.35. The molecule has 1 aliphatic heterocycles. The molecule has 0 aliphatic carbocycles. The summed E-state index contributed by atoms with van der Waals surface area (Å²) in [4.78, 5) is 23.7. The molecule has 1 fully saturated rings. The molecule has 0 amide bonds. The van der Waals surface area contributed by atoms with Gasteiger partial charge in [-0.2, -0.15) is 13.2 Å². The van der Waals surface area contributed by atoms with Crippen molar-refractivity contribution in [3.63, 3.8) is 0 Å². The first-order chi connectivity index (χ1) is 14.8. The van der Waals surface area contributed by atoms with Gasteiger partial charge in [-0.25, -0.2) is 14.8 Å². The lowest BCUT2D eigenvalue weighted by molar-refractivity contribution is -0.192. The molecular weight excluding hydrogens is 433 g/mol. The van der Waals surface area contributed by atoms with Gasteiger partial charge >= 0.3 is 12.1 Å². The number of aliphatic carboxylic acids is 1. The lowest BCUT2D eigenvalue weighted by atomic mass is 10.2. The average molecular weight is 454 g/mol. The maximum atomic E-state index is 10.6. The van der Waals surface area contributed by atoms with Crippen molar-refractivity contribution in [2.75, 3.05) is 38.2 Å². The highest BCUT2D eigenvalue weighted by atomic mass is 32.1. The molecule has 1 aromatic carbocycles. The molecule has 0 spiro atoms. The molecule has 31 heavy (non-hydrogen) atoms. The second kappa shape index (κ2) is 9.92. The van der Waals surface area contributed by atoms with Crippen LogP contribution in [0.1, 0.15) is 5.56 Å². The largest absolute Gasteiger partial charge is 0.497 e. The van der Waals surface area contributed by atoms with Gasteiger partial charge < -0.3 is 14.7 Å². The number of hydrogen-bond donors (Lipinski definition) is 1. The van der Waals surface area contributed by atoms with Gasteiger partial charge in [0.15, 0.2) is 0 Å². The van der Waals surface area contributed by atoms with Crippen molar-refractivity contribution >= 4 is 33.3 Å². The predicted octanol–water partition coefficient (Wildman–Crippen LogP) is 3.66. The van der Waals surface area contributed by atoms with Crippen LogP contribution in [0.3, 0.4) is 0 Å². The first kappa shape index (κ1) is 22.8. The van der Waals surface area contributed by atoms with Crippen molar-refractivity contribution in [3.8, 4) is 5.75 Å². The zero-order valence-electron chi connectivity index (χ0n) is 16.7. The monoisotopic (exact) mass is 454 g/mol. The van der Waals surface area contributed by atoms with E-state index >= 15 is 0 Å². The number of rotatable bonds is 4. The van der Waals surface area contributed by atoms with Crippen molar-refractivity contribution in [1.29, 1.82) is 0 Å². The molecule has 1 saturated heterocycles. The van der Waals surface area contributed by atoms with Crippen LogP contribution in [0, 0.1) is 0 Å². The summed E-state index contributed by atoms with van der Waals surface area (Å²) < 4.78 is 37.0. The molecule has 0 unspecified atom stereocenters. The Bertz CT molecular complexity index is 1000. The van der Waals surface area contributed by atoms with Crippen molar-refractivity contribution in [1.82, 2.24) is 14.9 Å². The number of benzene rings is 1. The Kier molecular flexibility index (Phi) is 7.29. The minimum atomic E-state index is -5.08. The molecule has 0 saturated carbocycles. The Balaban J connectivity index is 0.000000339. The van der Waals surface area contributed by atoms with E-state index < -0.39 is 12.1 Å². The van der Waals surface area contributed by atoms with Crippen LogP contribution in [-0.4, -0.2) is 65.4 Å². The van der Waals surface area contributed by atoms with E-state index in [1.165, 1.54) is 10.9 Å². The molecule has 1 aliphatic rings. The summed E-state index contributed by atoms with van der Waals surface area (Å²) in [6.45, 7) is 5.06. The van der Waals surface area contributed by atoms with Gasteiger partial charge in [0.2, 0.25) is 0 Å². The normalized spacial score (nSPS) is 14.8. The number of hydrogen-bond acceptors (Lipinski definition) is 7. The Morgan fingerprint density at radius 3 is 2.35 bits per heavy atom. The fraction of sp³-hybridized carbons (Fsp3) is 0.350. The number of ether oxygens (including phenoxy) is 1. The summed E-state index contributed by atoms with van der Waals surface area (Å²) in [5, 5.41) is 10.4. The quantitative estimate of drug-likeness (QED) is 0.645. The molecule has 1 N–H and O–H groups in total. The van der Waals surface area contributed by atoms with E-state index in [9.17, 15) is 13.2 Å². The topological polar surface area (TPSA) is 78.8 Å². The van der Waals surface area contributed by atoms with Crippen LogP contribution in [0.15, 0.2) is 42.0 Å². The zero-order valence-corrected chi connectivity index (χ0v) is 17.5. The zero-order chi connectivity index (χ0) is 22.4.